The van der Waals surface area contributed by atoms with Gasteiger partial charge in [-0.05, 0) is 53.4 Å². The molecule has 0 saturated carbocycles. The van der Waals surface area contributed by atoms with E-state index in [0.717, 1.165) is 29.0 Å². The van der Waals surface area contributed by atoms with Gasteiger partial charge in [0.05, 0.1) is 12.3 Å². The van der Waals surface area contributed by atoms with Crippen molar-refractivity contribution < 1.29 is 26.3 Å². The van der Waals surface area contributed by atoms with E-state index in [2.05, 4.69) is 4.72 Å². The molecule has 0 amide bonds. The van der Waals surface area contributed by atoms with Crippen molar-refractivity contribution in [2.45, 2.75) is 18.6 Å². The second-order valence-corrected chi connectivity index (χ2v) is 9.22. The first-order valence-electron chi connectivity index (χ1n) is 9.38. The number of nitrogens with one attached hydrogen (secondary N) is 1. The van der Waals surface area contributed by atoms with Crippen molar-refractivity contribution >= 4 is 15.7 Å². The Balaban J connectivity index is 1.64. The van der Waals surface area contributed by atoms with Crippen LogP contribution < -0.4 is 15.2 Å². The van der Waals surface area contributed by atoms with Crippen LogP contribution in [0.25, 0.3) is 11.1 Å². The predicted octanol–water partition coefficient (Wildman–Crippen LogP) is 4.15. The van der Waals surface area contributed by atoms with Gasteiger partial charge in [-0.2, -0.15) is 0 Å². The molecule has 0 unspecified atom stereocenters. The van der Waals surface area contributed by atoms with E-state index in [9.17, 15) is 21.6 Å². The number of sulfonamides is 1. The lowest BCUT2D eigenvalue weighted by atomic mass is 9.91. The fraction of sp³-hybridized carbons (Fsp3) is 0.182. The third-order valence-corrected chi connectivity index (χ3v) is 5.61. The largest absolute Gasteiger partial charge is 0.484 e. The maximum absolute atomic E-state index is 14.2. The maximum Gasteiger partial charge on any atom is 0.229 e. The van der Waals surface area contributed by atoms with Crippen molar-refractivity contribution in [2.75, 3.05) is 11.0 Å². The predicted molar refractivity (Wildman–Crippen MR) is 112 cm³/mol. The van der Waals surface area contributed by atoms with Crippen LogP contribution >= 0.6 is 0 Å². The lowest BCUT2D eigenvalue weighted by molar-refractivity contribution is 0.148. The molecule has 0 aliphatic carbocycles. The highest BCUT2D eigenvalue weighted by Gasteiger charge is 2.32. The topological polar surface area (TPSA) is 81.4 Å². The normalized spacial score (nSPS) is 18.2. The molecule has 2 atom stereocenters. The Bertz CT molecular complexity index is 1260. The van der Waals surface area contributed by atoms with E-state index in [0.29, 0.717) is 23.9 Å². The minimum Gasteiger partial charge on any atom is -0.484 e. The van der Waals surface area contributed by atoms with Gasteiger partial charge in [0.25, 0.3) is 0 Å². The summed E-state index contributed by atoms with van der Waals surface area (Å²) in [7, 11) is -3.41. The molecule has 0 saturated heterocycles. The van der Waals surface area contributed by atoms with Gasteiger partial charge in [0.1, 0.15) is 17.7 Å². The van der Waals surface area contributed by atoms with E-state index in [1.54, 1.807) is 30.3 Å². The van der Waals surface area contributed by atoms with Crippen LogP contribution in [0.5, 0.6) is 5.75 Å². The summed E-state index contributed by atoms with van der Waals surface area (Å²) in [5.74, 6) is -2.90. The van der Waals surface area contributed by atoms with E-state index < -0.39 is 39.6 Å². The molecule has 0 fully saturated rings. The van der Waals surface area contributed by atoms with Crippen LogP contribution in [0.4, 0.5) is 18.9 Å². The molecular formula is C22H19F3N2O3S. The summed E-state index contributed by atoms with van der Waals surface area (Å²) in [6.45, 7) is 0. The molecule has 3 aromatic carbocycles. The molecule has 31 heavy (non-hydrogen) atoms. The second kappa shape index (κ2) is 7.90. The fourth-order valence-corrected chi connectivity index (χ4v) is 4.20. The highest BCUT2D eigenvalue weighted by atomic mass is 32.2. The number of hydrogen-bond acceptors (Lipinski definition) is 4. The van der Waals surface area contributed by atoms with Crippen molar-refractivity contribution in [3.63, 3.8) is 0 Å². The highest BCUT2D eigenvalue weighted by Crippen LogP contribution is 2.38. The molecule has 3 N–H and O–H groups in total. The first-order chi connectivity index (χ1) is 14.6. The van der Waals surface area contributed by atoms with Gasteiger partial charge >= 0.3 is 0 Å². The average molecular weight is 448 g/mol. The number of nitrogens with two attached hydrogens (primary N) is 1. The molecule has 3 aromatic rings. The summed E-state index contributed by atoms with van der Waals surface area (Å²) in [4.78, 5) is 0. The summed E-state index contributed by atoms with van der Waals surface area (Å²) >= 11 is 0. The minimum atomic E-state index is -3.41. The van der Waals surface area contributed by atoms with Gasteiger partial charge in [0.15, 0.2) is 11.6 Å². The Hall–Kier alpha value is -3.04. The molecular weight excluding hydrogens is 429 g/mol. The molecule has 1 aliphatic rings. The van der Waals surface area contributed by atoms with Crippen LogP contribution in [0.15, 0.2) is 54.6 Å². The molecule has 4 rings (SSSR count). The minimum absolute atomic E-state index is 0.138. The second-order valence-electron chi connectivity index (χ2n) is 7.47. The number of fused-ring (bicyclic) bond motifs is 1. The third-order valence-electron chi connectivity index (χ3n) is 5.00. The Morgan fingerprint density at radius 3 is 2.42 bits per heavy atom. The molecule has 0 aromatic heterocycles. The smallest absolute Gasteiger partial charge is 0.229 e. The molecule has 9 heteroatoms. The van der Waals surface area contributed by atoms with Crippen LogP contribution in [0.1, 0.15) is 17.2 Å². The number of rotatable bonds is 4. The molecule has 0 bridgehead atoms. The molecule has 1 heterocycles. The summed E-state index contributed by atoms with van der Waals surface area (Å²) < 4.78 is 72.3. The quantitative estimate of drug-likeness (QED) is 0.588. The Kier molecular flexibility index (Phi) is 5.40. The first-order valence-corrected chi connectivity index (χ1v) is 11.3. The maximum atomic E-state index is 14.2. The lowest BCUT2D eigenvalue weighted by Gasteiger charge is -2.32. The number of benzene rings is 3. The molecule has 162 valence electrons. The van der Waals surface area contributed by atoms with E-state index in [1.165, 1.54) is 0 Å². The van der Waals surface area contributed by atoms with Crippen LogP contribution in [0.3, 0.4) is 0 Å². The zero-order valence-electron chi connectivity index (χ0n) is 16.4. The fourth-order valence-electron chi connectivity index (χ4n) is 3.65. The number of anilines is 1. The van der Waals surface area contributed by atoms with Crippen LogP contribution in [-0.4, -0.2) is 20.7 Å². The van der Waals surface area contributed by atoms with Gasteiger partial charge < -0.3 is 10.5 Å². The highest BCUT2D eigenvalue weighted by molar-refractivity contribution is 7.92. The van der Waals surface area contributed by atoms with Gasteiger partial charge in [-0.15, -0.1) is 0 Å². The SMILES string of the molecule is CS(=O)(=O)Nc1cccc(-c2ccc3c(c2)C[C@H](N)[C@@H](c2cc(F)c(F)cc2F)O3)c1. The van der Waals surface area contributed by atoms with Crippen LogP contribution in [0.2, 0.25) is 0 Å². The van der Waals surface area contributed by atoms with Gasteiger partial charge in [-0.25, -0.2) is 21.6 Å². The summed E-state index contributed by atoms with van der Waals surface area (Å²) in [5, 5.41) is 0. The monoisotopic (exact) mass is 448 g/mol. The third kappa shape index (κ3) is 4.52. The summed E-state index contributed by atoms with van der Waals surface area (Å²) in [6.07, 6.45) is 0.438. The lowest BCUT2D eigenvalue weighted by Crippen LogP contribution is -2.38. The Morgan fingerprint density at radius 2 is 1.68 bits per heavy atom. The van der Waals surface area contributed by atoms with Crippen molar-refractivity contribution in [3.05, 3.63) is 83.2 Å². The number of halogens is 3. The first kappa shape index (κ1) is 21.2. The average Bonchev–Trinajstić information content (AvgIpc) is 2.69. The zero-order valence-corrected chi connectivity index (χ0v) is 17.2. The Morgan fingerprint density at radius 1 is 0.968 bits per heavy atom. The molecule has 0 spiro atoms. The number of ether oxygens (including phenoxy) is 1. The van der Waals surface area contributed by atoms with Crippen molar-refractivity contribution in [2.24, 2.45) is 5.73 Å². The van der Waals surface area contributed by atoms with Gasteiger partial charge in [0, 0.05) is 17.3 Å². The number of hydrogen-bond donors (Lipinski definition) is 2. The summed E-state index contributed by atoms with van der Waals surface area (Å²) in [6, 6.07) is 12.8. The molecule has 5 nitrogen and oxygen atoms in total. The van der Waals surface area contributed by atoms with Crippen molar-refractivity contribution in [1.29, 1.82) is 0 Å². The van der Waals surface area contributed by atoms with Crippen molar-refractivity contribution in [3.8, 4) is 16.9 Å². The molecule has 1 aliphatic heterocycles. The van der Waals surface area contributed by atoms with Crippen LogP contribution in [0, 0.1) is 17.5 Å². The summed E-state index contributed by atoms with van der Waals surface area (Å²) in [5.41, 5.74) is 8.83. The van der Waals surface area contributed by atoms with E-state index >= 15 is 0 Å². The van der Waals surface area contributed by atoms with E-state index in [1.807, 2.05) is 12.1 Å². The zero-order chi connectivity index (χ0) is 22.3. The van der Waals surface area contributed by atoms with E-state index in [-0.39, 0.29) is 5.56 Å². The van der Waals surface area contributed by atoms with Crippen LogP contribution in [-0.2, 0) is 16.4 Å². The van der Waals surface area contributed by atoms with Gasteiger partial charge in [-0.1, -0.05) is 18.2 Å². The standard InChI is InChI=1S/C22H19F3N2O3S/c1-31(28,29)27-15-4-2-3-12(8-15)13-5-6-21-14(7-13)9-20(26)22(30-21)16-10-18(24)19(25)11-17(16)23/h2-8,10-11,20,22,27H,9,26H2,1H3/t20-,22+/m0/s1. The Labute approximate surface area is 177 Å². The van der Waals surface area contributed by atoms with Gasteiger partial charge in [-0.3, -0.25) is 4.72 Å². The van der Waals surface area contributed by atoms with Crippen molar-refractivity contribution in [1.82, 2.24) is 0 Å². The molecule has 0 radical (unpaired) electrons. The van der Waals surface area contributed by atoms with E-state index in [4.69, 9.17) is 10.5 Å². The van der Waals surface area contributed by atoms with Gasteiger partial charge in [0.2, 0.25) is 10.0 Å².